The molecule has 1 aliphatic carbocycles. The van der Waals surface area contributed by atoms with Gasteiger partial charge >= 0.3 is 12.1 Å². The number of alkyl halides is 3. The highest BCUT2D eigenvalue weighted by atomic mass is 35.5. The Morgan fingerprint density at radius 3 is 2.45 bits per heavy atom. The van der Waals surface area contributed by atoms with Crippen LogP contribution in [-0.2, 0) is 9.53 Å². The minimum atomic E-state index is -4.68. The summed E-state index contributed by atoms with van der Waals surface area (Å²) in [5.41, 5.74) is -0.371. The van der Waals surface area contributed by atoms with Crippen LogP contribution in [0.1, 0.15) is 25.5 Å². The van der Waals surface area contributed by atoms with Crippen LogP contribution in [0.4, 0.5) is 13.2 Å². The van der Waals surface area contributed by atoms with Crippen molar-refractivity contribution in [1.82, 2.24) is 0 Å². The van der Waals surface area contributed by atoms with Gasteiger partial charge in [0.25, 0.3) is 0 Å². The molecule has 0 N–H and O–H groups in total. The highest BCUT2D eigenvalue weighted by Gasteiger charge is 2.62. The maximum atomic E-state index is 12.7. The van der Waals surface area contributed by atoms with Crippen molar-refractivity contribution in [2.75, 3.05) is 0 Å². The number of nitrogens with zero attached hydrogens (tertiary/aromatic N) is 1. The molecule has 0 spiro atoms. The molecule has 31 heavy (non-hydrogen) atoms. The smallest absolute Gasteiger partial charge is 0.426 e. The SMILES string of the molecule is CC1(C)[C@@H](/C=C(\Cl)C(F)(F)F)[14C@H]1C(=O)O[C@H](C#N)c1cccc(Oc2ccccc2)c1. The second-order valence-corrected chi connectivity index (χ2v) is 8.18. The Hall–Kier alpha value is -2.98. The molecule has 4 nitrogen and oxygen atoms in total. The van der Waals surface area contributed by atoms with Crippen LogP contribution in [0.25, 0.3) is 0 Å². The number of hydrogen-bond acceptors (Lipinski definition) is 4. The standard InChI is InChI=1S/C23H19ClF3NO3/c1-22(2)17(12-19(24)23(25,26)27)20(22)21(29)31-18(13-28)14-7-6-10-16(11-14)30-15-8-4-3-5-9-15/h3-12,17-18,20H,1-2H3/b19-12-/t17-,18+,20-/m0/s1/i20+2. The van der Waals surface area contributed by atoms with Crippen LogP contribution in [0.5, 0.6) is 11.5 Å². The second-order valence-electron chi connectivity index (χ2n) is 7.77. The third kappa shape index (κ3) is 5.20. The average Bonchev–Trinajstić information content (AvgIpc) is 3.26. The van der Waals surface area contributed by atoms with Gasteiger partial charge in [0.15, 0.2) is 0 Å². The molecule has 3 rings (SSSR count). The number of ether oxygens (including phenoxy) is 2. The Labute approximate surface area is 182 Å². The molecule has 3 atom stereocenters. The van der Waals surface area contributed by atoms with E-state index >= 15 is 0 Å². The Morgan fingerprint density at radius 1 is 1.19 bits per heavy atom. The van der Waals surface area contributed by atoms with Crippen molar-refractivity contribution in [1.29, 1.82) is 5.26 Å². The van der Waals surface area contributed by atoms with E-state index in [1.165, 1.54) is 0 Å². The summed E-state index contributed by atoms with van der Waals surface area (Å²) in [5, 5.41) is 8.23. The van der Waals surface area contributed by atoms with E-state index in [4.69, 9.17) is 21.1 Å². The van der Waals surface area contributed by atoms with E-state index in [0.29, 0.717) is 17.1 Å². The number of halogens is 4. The van der Waals surface area contributed by atoms with Gasteiger partial charge in [0.2, 0.25) is 6.10 Å². The van der Waals surface area contributed by atoms with Crippen molar-refractivity contribution in [2.24, 2.45) is 17.3 Å². The monoisotopic (exact) mass is 451 g/mol. The van der Waals surface area contributed by atoms with Gasteiger partial charge in [-0.05, 0) is 35.6 Å². The van der Waals surface area contributed by atoms with Crippen molar-refractivity contribution >= 4 is 17.6 Å². The third-order valence-corrected chi connectivity index (χ3v) is 5.59. The number of carbonyl (C=O) groups excluding carboxylic acids is 1. The van der Waals surface area contributed by atoms with Gasteiger partial charge in [-0.1, -0.05) is 61.9 Å². The van der Waals surface area contributed by atoms with Gasteiger partial charge in [-0.3, -0.25) is 4.79 Å². The second kappa shape index (κ2) is 8.64. The number of benzene rings is 2. The average molecular weight is 452 g/mol. The molecule has 0 aromatic heterocycles. The van der Waals surface area contributed by atoms with Crippen LogP contribution in [0.2, 0.25) is 0 Å². The minimum absolute atomic E-state index is 0.392. The lowest BCUT2D eigenvalue weighted by atomic mass is 10.1. The number of hydrogen-bond donors (Lipinski definition) is 0. The van der Waals surface area contributed by atoms with E-state index in [0.717, 1.165) is 6.08 Å². The van der Waals surface area contributed by atoms with Crippen molar-refractivity contribution in [3.05, 3.63) is 71.3 Å². The lowest BCUT2D eigenvalue weighted by molar-refractivity contribution is -0.149. The highest BCUT2D eigenvalue weighted by Crippen LogP contribution is 2.60. The van der Waals surface area contributed by atoms with Crippen LogP contribution in [0.3, 0.4) is 0 Å². The summed E-state index contributed by atoms with van der Waals surface area (Å²) in [6.07, 6.45) is -5.07. The summed E-state index contributed by atoms with van der Waals surface area (Å²) >= 11 is 5.32. The largest absolute Gasteiger partial charge is 0.457 e. The first kappa shape index (κ1) is 22.7. The van der Waals surface area contributed by atoms with Crippen molar-refractivity contribution in [3.8, 4) is 17.6 Å². The highest BCUT2D eigenvalue weighted by molar-refractivity contribution is 6.30. The Kier molecular flexibility index (Phi) is 6.33. The minimum Gasteiger partial charge on any atom is -0.457 e. The molecule has 8 heteroatoms. The van der Waals surface area contributed by atoms with Crippen LogP contribution < -0.4 is 4.74 Å². The summed E-state index contributed by atoms with van der Waals surface area (Å²) in [6.45, 7) is 3.30. The fourth-order valence-corrected chi connectivity index (χ4v) is 3.55. The summed E-state index contributed by atoms with van der Waals surface area (Å²) in [5.74, 6) is -1.27. The van der Waals surface area contributed by atoms with Gasteiger partial charge in [0, 0.05) is 5.56 Å². The van der Waals surface area contributed by atoms with Gasteiger partial charge in [0.05, 0.1) is 5.92 Å². The quantitative estimate of drug-likeness (QED) is 0.467. The number of nitriles is 1. The lowest BCUT2D eigenvalue weighted by Crippen LogP contribution is -2.14. The molecule has 1 fully saturated rings. The molecule has 0 unspecified atom stereocenters. The number of para-hydroxylation sites is 1. The first-order valence-electron chi connectivity index (χ1n) is 9.41. The van der Waals surface area contributed by atoms with Gasteiger partial charge < -0.3 is 9.47 Å². The molecule has 0 bridgehead atoms. The fourth-order valence-electron chi connectivity index (χ4n) is 3.42. The molecule has 162 valence electrons. The molecule has 0 amide bonds. The zero-order valence-electron chi connectivity index (χ0n) is 16.7. The van der Waals surface area contributed by atoms with Crippen LogP contribution in [0, 0.1) is 28.6 Å². The van der Waals surface area contributed by atoms with E-state index in [1.54, 1.807) is 50.2 Å². The Bertz CT molecular complexity index is 1030. The molecule has 2 aromatic carbocycles. The zero-order valence-corrected chi connectivity index (χ0v) is 17.4. The predicted octanol–water partition coefficient (Wildman–Crippen LogP) is 6.54. The summed E-state index contributed by atoms with van der Waals surface area (Å²) in [7, 11) is 0. The maximum absolute atomic E-state index is 12.7. The molecule has 1 aliphatic rings. The number of carbonyl (C=O) groups is 1. The topological polar surface area (TPSA) is 59.3 Å². The first-order valence-corrected chi connectivity index (χ1v) is 9.79. The van der Waals surface area contributed by atoms with E-state index in [1.807, 2.05) is 24.3 Å². The van der Waals surface area contributed by atoms with Crippen molar-refractivity contribution in [3.63, 3.8) is 0 Å². The van der Waals surface area contributed by atoms with Crippen molar-refractivity contribution in [2.45, 2.75) is 26.1 Å². The maximum Gasteiger partial charge on any atom is 0.426 e. The zero-order chi connectivity index (χ0) is 22.8. The van der Waals surface area contributed by atoms with Gasteiger partial charge in [-0.15, -0.1) is 0 Å². The molecular weight excluding hydrogens is 433 g/mol. The lowest BCUT2D eigenvalue weighted by Gasteiger charge is -2.13. The summed E-state index contributed by atoms with van der Waals surface area (Å²) in [6, 6.07) is 17.4. The van der Waals surface area contributed by atoms with Crippen LogP contribution in [-0.4, -0.2) is 12.1 Å². The Morgan fingerprint density at radius 2 is 1.84 bits per heavy atom. The van der Waals surface area contributed by atoms with Gasteiger partial charge in [-0.2, -0.15) is 18.4 Å². The predicted molar refractivity (Wildman–Crippen MR) is 108 cm³/mol. The summed E-state index contributed by atoms with van der Waals surface area (Å²) < 4.78 is 49.2. The van der Waals surface area contributed by atoms with Crippen LogP contribution >= 0.6 is 11.6 Å². The molecule has 2 aromatic rings. The molecule has 0 saturated heterocycles. The third-order valence-electron chi connectivity index (χ3n) is 5.25. The fraction of sp³-hybridized carbons (Fsp3) is 0.304. The molecule has 0 aliphatic heterocycles. The number of allylic oxidation sites excluding steroid dienone is 2. The van der Waals surface area contributed by atoms with Gasteiger partial charge in [0.1, 0.15) is 22.6 Å². The molecule has 0 radical (unpaired) electrons. The molecule has 0 heterocycles. The Balaban J connectivity index is 1.72. The van der Waals surface area contributed by atoms with Gasteiger partial charge in [-0.25, -0.2) is 0 Å². The van der Waals surface area contributed by atoms with E-state index in [-0.39, 0.29) is 0 Å². The first-order chi connectivity index (χ1) is 14.5. The molecule has 1 saturated carbocycles. The normalized spacial score (nSPS) is 21.0. The van der Waals surface area contributed by atoms with E-state index in [9.17, 15) is 23.2 Å². The van der Waals surface area contributed by atoms with E-state index < -0.39 is 40.5 Å². The summed E-state index contributed by atoms with van der Waals surface area (Å²) in [4.78, 5) is 12.6. The van der Waals surface area contributed by atoms with Crippen molar-refractivity contribution < 1.29 is 27.4 Å². The van der Waals surface area contributed by atoms with E-state index in [2.05, 4.69) is 0 Å². The number of esters is 1. The number of rotatable bonds is 6. The molecular formula is C23H19ClF3NO3. The van der Waals surface area contributed by atoms with Crippen LogP contribution in [0.15, 0.2) is 65.7 Å².